The van der Waals surface area contributed by atoms with Crippen molar-refractivity contribution in [2.45, 2.75) is 32.6 Å². The van der Waals surface area contributed by atoms with Crippen molar-refractivity contribution in [1.29, 1.82) is 0 Å². The quantitative estimate of drug-likeness (QED) is 0.815. The molecule has 22 heavy (non-hydrogen) atoms. The number of hydrogen-bond acceptors (Lipinski definition) is 4. The lowest BCUT2D eigenvalue weighted by molar-refractivity contribution is 0.598. The predicted octanol–water partition coefficient (Wildman–Crippen LogP) is 3.54. The van der Waals surface area contributed by atoms with Crippen LogP contribution in [0.15, 0.2) is 29.3 Å². The van der Waals surface area contributed by atoms with Crippen LogP contribution in [0.25, 0.3) is 6.08 Å². The van der Waals surface area contributed by atoms with Gasteiger partial charge in [0.25, 0.3) is 0 Å². The number of nitrogens with one attached hydrogen (secondary N) is 2. The van der Waals surface area contributed by atoms with Crippen molar-refractivity contribution in [1.82, 2.24) is 0 Å². The molecule has 1 aromatic rings. The van der Waals surface area contributed by atoms with Crippen molar-refractivity contribution in [2.24, 2.45) is 0 Å². The summed E-state index contributed by atoms with van der Waals surface area (Å²) in [6, 6.07) is 4.12. The fraction of sp³-hybridized carbons (Fsp3) is 0.412. The minimum Gasteiger partial charge on any atom is -0.384 e. The van der Waals surface area contributed by atoms with E-state index in [1.807, 2.05) is 12.1 Å². The lowest BCUT2D eigenvalue weighted by atomic mass is 10.1. The van der Waals surface area contributed by atoms with Crippen LogP contribution in [0.1, 0.15) is 37.3 Å². The number of allylic oxidation sites excluding steroid dienone is 1. The van der Waals surface area contributed by atoms with E-state index in [9.17, 15) is 8.42 Å². The molecule has 0 unspecified atom stereocenters. The van der Waals surface area contributed by atoms with Gasteiger partial charge in [-0.25, -0.2) is 8.42 Å². The van der Waals surface area contributed by atoms with Crippen molar-refractivity contribution in [2.75, 3.05) is 22.9 Å². The second-order valence-corrected chi connectivity index (χ2v) is 7.90. The van der Waals surface area contributed by atoms with E-state index in [1.165, 1.54) is 5.56 Å². The van der Waals surface area contributed by atoms with Gasteiger partial charge in [-0.15, -0.1) is 0 Å². The number of fused-ring (bicyclic) bond motifs is 3. The van der Waals surface area contributed by atoms with Crippen molar-refractivity contribution in [3.8, 4) is 0 Å². The largest absolute Gasteiger partial charge is 0.384 e. The lowest BCUT2D eigenvalue weighted by Crippen LogP contribution is -2.08. The number of hydrogen-bond donors (Lipinski definition) is 2. The van der Waals surface area contributed by atoms with Crippen LogP contribution in [-0.2, 0) is 16.3 Å². The lowest BCUT2D eigenvalue weighted by Gasteiger charge is -2.11. The summed E-state index contributed by atoms with van der Waals surface area (Å²) >= 11 is 0. The van der Waals surface area contributed by atoms with Crippen molar-refractivity contribution in [3.05, 3.63) is 40.4 Å². The topological polar surface area (TPSA) is 58.2 Å². The number of unbranched alkanes of at least 4 members (excludes halogenated alkanes) is 2. The van der Waals surface area contributed by atoms with Crippen LogP contribution in [0.4, 0.5) is 11.4 Å². The first kappa shape index (κ1) is 15.2. The third-order valence-corrected chi connectivity index (χ3v) is 5.97. The molecule has 0 atom stereocenters. The van der Waals surface area contributed by atoms with Gasteiger partial charge >= 0.3 is 0 Å². The average molecular weight is 318 g/mol. The van der Waals surface area contributed by atoms with Gasteiger partial charge in [0.1, 0.15) is 0 Å². The minimum atomic E-state index is -3.23. The second-order valence-electron chi connectivity index (χ2n) is 5.79. The molecule has 4 nitrogen and oxygen atoms in total. The fourth-order valence-corrected chi connectivity index (χ4v) is 4.33. The van der Waals surface area contributed by atoms with Crippen molar-refractivity contribution < 1.29 is 8.42 Å². The molecule has 0 saturated heterocycles. The predicted molar refractivity (Wildman–Crippen MR) is 92.7 cm³/mol. The van der Waals surface area contributed by atoms with Gasteiger partial charge in [-0.05, 0) is 36.6 Å². The Morgan fingerprint density at radius 3 is 2.91 bits per heavy atom. The first-order chi connectivity index (χ1) is 10.6. The fourth-order valence-electron chi connectivity index (χ4n) is 2.94. The Labute approximate surface area is 132 Å². The Balaban J connectivity index is 1.98. The second kappa shape index (κ2) is 6.16. The van der Waals surface area contributed by atoms with E-state index < -0.39 is 9.84 Å². The van der Waals surface area contributed by atoms with Gasteiger partial charge < -0.3 is 10.6 Å². The summed E-state index contributed by atoms with van der Waals surface area (Å²) in [5.41, 5.74) is 4.22. The SMILES string of the molecule is CCCCCS(=O)(=O)C1=Cc2c(ccc3c2NCC3)NC=C1. The van der Waals surface area contributed by atoms with Gasteiger partial charge in [0.2, 0.25) is 0 Å². The molecule has 0 bridgehead atoms. The van der Waals surface area contributed by atoms with E-state index in [4.69, 9.17) is 0 Å². The van der Waals surface area contributed by atoms with E-state index in [1.54, 1.807) is 12.3 Å². The molecule has 1 aromatic carbocycles. The Bertz CT molecular complexity index is 733. The molecule has 2 N–H and O–H groups in total. The summed E-state index contributed by atoms with van der Waals surface area (Å²) in [6.45, 7) is 2.98. The molecule has 5 heteroatoms. The molecule has 0 amide bonds. The van der Waals surface area contributed by atoms with Gasteiger partial charge in [0.05, 0.1) is 10.7 Å². The number of rotatable bonds is 5. The van der Waals surface area contributed by atoms with E-state index in [0.29, 0.717) is 4.91 Å². The Morgan fingerprint density at radius 2 is 2.09 bits per heavy atom. The van der Waals surface area contributed by atoms with Crippen LogP contribution < -0.4 is 10.6 Å². The zero-order valence-electron chi connectivity index (χ0n) is 12.9. The van der Waals surface area contributed by atoms with Gasteiger partial charge in [0.15, 0.2) is 9.84 Å². The van der Waals surface area contributed by atoms with Crippen LogP contribution in [0.2, 0.25) is 0 Å². The van der Waals surface area contributed by atoms with Gasteiger partial charge in [-0.2, -0.15) is 0 Å². The molecule has 0 saturated carbocycles. The van der Waals surface area contributed by atoms with Gasteiger partial charge in [-0.1, -0.05) is 25.8 Å². The van der Waals surface area contributed by atoms with Crippen LogP contribution in [-0.4, -0.2) is 20.7 Å². The first-order valence-electron chi connectivity index (χ1n) is 7.89. The van der Waals surface area contributed by atoms with Crippen LogP contribution in [0.3, 0.4) is 0 Å². The Kier molecular flexibility index (Phi) is 4.25. The maximum Gasteiger partial charge on any atom is 0.178 e. The molecule has 0 radical (unpaired) electrons. The van der Waals surface area contributed by atoms with Gasteiger partial charge in [-0.3, -0.25) is 0 Å². The number of benzene rings is 1. The summed E-state index contributed by atoms with van der Waals surface area (Å²) in [4.78, 5) is 0.400. The Hall–Kier alpha value is -1.75. The Morgan fingerprint density at radius 1 is 1.23 bits per heavy atom. The van der Waals surface area contributed by atoms with Gasteiger partial charge in [0, 0.05) is 29.7 Å². The highest BCUT2D eigenvalue weighted by Crippen LogP contribution is 2.36. The molecule has 0 spiro atoms. The normalized spacial score (nSPS) is 16.1. The standard InChI is InChI=1S/C17H22N2O2S/c1-2-3-4-11-22(20,21)14-8-10-18-16-6-5-13-7-9-19-17(13)15(16)12-14/h5-6,8,10,12,18-19H,2-4,7,9,11H2,1H3. The van der Waals surface area contributed by atoms with Crippen LogP contribution >= 0.6 is 0 Å². The summed E-state index contributed by atoms with van der Waals surface area (Å²) in [7, 11) is -3.23. The van der Waals surface area contributed by atoms with E-state index in [-0.39, 0.29) is 5.75 Å². The molecule has 0 aromatic heterocycles. The van der Waals surface area contributed by atoms with E-state index in [0.717, 1.165) is 49.2 Å². The molecule has 2 aliphatic rings. The maximum absolute atomic E-state index is 12.6. The summed E-state index contributed by atoms with van der Waals surface area (Å²) in [6.07, 6.45) is 8.87. The summed E-state index contributed by atoms with van der Waals surface area (Å²) < 4.78 is 25.1. The molecule has 2 heterocycles. The molecule has 118 valence electrons. The highest BCUT2D eigenvalue weighted by molar-refractivity contribution is 7.95. The first-order valence-corrected chi connectivity index (χ1v) is 9.54. The molecular formula is C17H22N2O2S. The molecule has 0 aliphatic carbocycles. The molecule has 0 fully saturated rings. The third-order valence-electron chi connectivity index (χ3n) is 4.18. The van der Waals surface area contributed by atoms with Crippen molar-refractivity contribution in [3.63, 3.8) is 0 Å². The molecule has 2 aliphatic heterocycles. The molecule has 3 rings (SSSR count). The smallest absolute Gasteiger partial charge is 0.178 e. The van der Waals surface area contributed by atoms with E-state index in [2.05, 4.69) is 23.6 Å². The maximum atomic E-state index is 12.6. The van der Waals surface area contributed by atoms with Crippen molar-refractivity contribution >= 4 is 27.3 Å². The zero-order chi connectivity index (χ0) is 15.6. The van der Waals surface area contributed by atoms with Crippen LogP contribution in [0, 0.1) is 0 Å². The summed E-state index contributed by atoms with van der Waals surface area (Å²) in [5, 5.41) is 6.56. The zero-order valence-corrected chi connectivity index (χ0v) is 13.7. The average Bonchev–Trinajstić information content (AvgIpc) is 2.85. The highest BCUT2D eigenvalue weighted by atomic mass is 32.2. The number of sulfone groups is 1. The minimum absolute atomic E-state index is 0.217. The van der Waals surface area contributed by atoms with Crippen LogP contribution in [0.5, 0.6) is 0 Å². The number of anilines is 2. The summed E-state index contributed by atoms with van der Waals surface area (Å²) in [5.74, 6) is 0.217. The molecular weight excluding hydrogens is 296 g/mol. The monoisotopic (exact) mass is 318 g/mol. The van der Waals surface area contributed by atoms with E-state index >= 15 is 0 Å². The third kappa shape index (κ3) is 2.90. The highest BCUT2D eigenvalue weighted by Gasteiger charge is 2.21.